The van der Waals surface area contributed by atoms with Crippen LogP contribution in [0, 0.1) is 0 Å². The van der Waals surface area contributed by atoms with Crippen LogP contribution in [0.3, 0.4) is 0 Å². The molecule has 1 amide bonds. The number of aromatic nitrogens is 3. The monoisotopic (exact) mass is 528 g/mol. The van der Waals surface area contributed by atoms with E-state index in [1.54, 1.807) is 36.4 Å². The van der Waals surface area contributed by atoms with Gasteiger partial charge in [-0.05, 0) is 35.9 Å². The van der Waals surface area contributed by atoms with Gasteiger partial charge in [0, 0.05) is 34.4 Å². The lowest BCUT2D eigenvalue weighted by atomic mass is 10.1. The van der Waals surface area contributed by atoms with Gasteiger partial charge in [-0.2, -0.15) is 4.31 Å². The minimum Gasteiger partial charge on any atom is -0.467 e. The Kier molecular flexibility index (Phi) is 6.02. The highest BCUT2D eigenvalue weighted by Gasteiger charge is 2.42. The van der Waals surface area contributed by atoms with E-state index in [1.807, 2.05) is 0 Å². The van der Waals surface area contributed by atoms with E-state index in [4.69, 9.17) is 22.1 Å². The van der Waals surface area contributed by atoms with Crippen LogP contribution in [-0.4, -0.2) is 70.7 Å². The normalized spacial score (nSPS) is 17.1. The number of nitrogens with two attached hydrogens (primary N) is 1. The third-order valence-electron chi connectivity index (χ3n) is 6.12. The molecule has 0 bridgehead atoms. The van der Waals surface area contributed by atoms with E-state index in [9.17, 15) is 18.0 Å². The molecule has 1 fully saturated rings. The number of piperazine rings is 1. The zero-order valence-corrected chi connectivity index (χ0v) is 20.6. The van der Waals surface area contributed by atoms with Gasteiger partial charge in [0.2, 0.25) is 5.91 Å². The van der Waals surface area contributed by atoms with Gasteiger partial charge in [0.05, 0.1) is 19.2 Å². The minimum atomic E-state index is -4.13. The Morgan fingerprint density at radius 1 is 1.22 bits per heavy atom. The van der Waals surface area contributed by atoms with Crippen LogP contribution in [0.2, 0.25) is 5.02 Å². The first-order chi connectivity index (χ1) is 17.2. The van der Waals surface area contributed by atoms with Crippen molar-refractivity contribution in [3.8, 4) is 0 Å². The molecule has 2 aromatic carbocycles. The number of ether oxygens (including phenoxy) is 1. The number of H-pyrrole nitrogens is 1. The predicted molar refractivity (Wildman–Crippen MR) is 132 cm³/mol. The molecule has 2 aromatic heterocycles. The van der Waals surface area contributed by atoms with Gasteiger partial charge < -0.3 is 20.4 Å². The molecule has 3 heterocycles. The Morgan fingerprint density at radius 2 is 2.03 bits per heavy atom. The number of benzene rings is 2. The van der Waals surface area contributed by atoms with Crippen molar-refractivity contribution in [3.05, 3.63) is 59.4 Å². The smallest absolute Gasteiger partial charge is 0.329 e. The van der Waals surface area contributed by atoms with Crippen molar-refractivity contribution < 1.29 is 22.7 Å². The molecule has 0 aliphatic carbocycles. The zero-order chi connectivity index (χ0) is 25.6. The quantitative estimate of drug-likeness (QED) is 0.373. The summed E-state index contributed by atoms with van der Waals surface area (Å²) in [5.41, 5.74) is 7.69. The van der Waals surface area contributed by atoms with Crippen LogP contribution in [0.1, 0.15) is 5.56 Å². The number of nitrogen functional groups attached to an aromatic ring is 1. The number of rotatable bonds is 5. The molecular formula is C23H21ClN6O5S. The fourth-order valence-electron chi connectivity index (χ4n) is 4.26. The number of halogens is 1. The van der Waals surface area contributed by atoms with Crippen LogP contribution in [-0.2, 0) is 30.9 Å². The average Bonchev–Trinajstić information content (AvgIpc) is 3.29. The molecule has 13 heteroatoms. The van der Waals surface area contributed by atoms with Crippen molar-refractivity contribution in [2.24, 2.45) is 0 Å². The molecule has 1 saturated heterocycles. The molecule has 1 atom stereocenters. The van der Waals surface area contributed by atoms with E-state index >= 15 is 0 Å². The molecule has 186 valence electrons. The number of hydrogen-bond donors (Lipinski definition) is 2. The SMILES string of the molecule is COC(=O)[C@H]1CN(S(=O)(=O)c2cc3ccc(Cl)cc3[nH]2)CC(=O)N1Cc1ccc2c(N)ncnc2c1. The second-order valence-corrected chi connectivity index (χ2v) is 10.7. The number of fused-ring (bicyclic) bond motifs is 2. The van der Waals surface area contributed by atoms with Crippen molar-refractivity contribution in [1.29, 1.82) is 0 Å². The molecule has 5 rings (SSSR count). The average molecular weight is 529 g/mol. The van der Waals surface area contributed by atoms with Gasteiger partial charge in [-0.1, -0.05) is 23.7 Å². The Bertz CT molecular complexity index is 1620. The number of amides is 1. The topological polar surface area (TPSA) is 152 Å². The van der Waals surface area contributed by atoms with Crippen LogP contribution in [0.15, 0.2) is 53.8 Å². The number of anilines is 1. The second-order valence-electron chi connectivity index (χ2n) is 8.33. The highest BCUT2D eigenvalue weighted by molar-refractivity contribution is 7.89. The Hall–Kier alpha value is -3.74. The Balaban J connectivity index is 1.44. The number of hydrogen-bond acceptors (Lipinski definition) is 8. The molecule has 36 heavy (non-hydrogen) atoms. The Morgan fingerprint density at radius 3 is 2.81 bits per heavy atom. The van der Waals surface area contributed by atoms with Crippen molar-refractivity contribution >= 4 is 61.1 Å². The van der Waals surface area contributed by atoms with Crippen molar-refractivity contribution in [2.45, 2.75) is 17.6 Å². The van der Waals surface area contributed by atoms with Gasteiger partial charge >= 0.3 is 5.97 Å². The van der Waals surface area contributed by atoms with E-state index in [0.717, 1.165) is 4.31 Å². The molecule has 4 aromatic rings. The molecule has 0 saturated carbocycles. The molecule has 0 spiro atoms. The standard InChI is InChI=1S/C23H21ClN6O5S/c1-35-23(32)19-10-29(36(33,34)20-7-14-3-4-15(24)8-17(14)28-20)11-21(31)30(19)9-13-2-5-16-18(6-13)26-12-27-22(16)25/h2-8,12,19,28H,9-11H2,1H3,(H2,25,26,27)/t19-/m1/s1. The highest BCUT2D eigenvalue weighted by atomic mass is 35.5. The molecule has 3 N–H and O–H groups in total. The van der Waals surface area contributed by atoms with Gasteiger partial charge in [-0.25, -0.2) is 23.2 Å². The van der Waals surface area contributed by atoms with Crippen LogP contribution in [0.4, 0.5) is 5.82 Å². The summed E-state index contributed by atoms with van der Waals surface area (Å²) in [6.07, 6.45) is 1.34. The van der Waals surface area contributed by atoms with E-state index in [-0.39, 0.29) is 18.1 Å². The zero-order valence-electron chi connectivity index (χ0n) is 19.0. The maximum absolute atomic E-state index is 13.4. The first kappa shape index (κ1) is 24.0. The van der Waals surface area contributed by atoms with Gasteiger partial charge in [0.1, 0.15) is 23.2 Å². The van der Waals surface area contributed by atoms with Gasteiger partial charge in [-0.15, -0.1) is 0 Å². The number of carbonyl (C=O) groups is 2. The number of aromatic amines is 1. The number of esters is 1. The van der Waals surface area contributed by atoms with Gasteiger partial charge in [0.25, 0.3) is 10.0 Å². The lowest BCUT2D eigenvalue weighted by Gasteiger charge is -2.38. The lowest BCUT2D eigenvalue weighted by molar-refractivity contribution is -0.157. The first-order valence-electron chi connectivity index (χ1n) is 10.8. The second kappa shape index (κ2) is 9.04. The number of nitrogens with zero attached hydrogens (tertiary/aromatic N) is 4. The maximum atomic E-state index is 13.4. The van der Waals surface area contributed by atoms with E-state index in [2.05, 4.69) is 15.0 Å². The van der Waals surface area contributed by atoms with Crippen LogP contribution in [0.5, 0.6) is 0 Å². The summed E-state index contributed by atoms with van der Waals surface area (Å²) in [5.74, 6) is -0.936. The largest absolute Gasteiger partial charge is 0.467 e. The van der Waals surface area contributed by atoms with E-state index in [1.165, 1.54) is 24.4 Å². The summed E-state index contributed by atoms with van der Waals surface area (Å²) in [4.78, 5) is 38.2. The van der Waals surface area contributed by atoms with Gasteiger partial charge in [-0.3, -0.25) is 4.79 Å². The van der Waals surface area contributed by atoms with Crippen molar-refractivity contribution in [2.75, 3.05) is 25.9 Å². The maximum Gasteiger partial charge on any atom is 0.329 e. The fraction of sp³-hybridized carbons (Fsp3) is 0.217. The predicted octanol–water partition coefficient (Wildman–Crippen LogP) is 1.92. The van der Waals surface area contributed by atoms with Crippen LogP contribution in [0.25, 0.3) is 21.8 Å². The summed E-state index contributed by atoms with van der Waals surface area (Å²) in [7, 11) is -2.94. The minimum absolute atomic E-state index is 0.0528. The summed E-state index contributed by atoms with van der Waals surface area (Å²) in [5, 5.41) is 1.66. The van der Waals surface area contributed by atoms with Gasteiger partial charge in [0.15, 0.2) is 0 Å². The van der Waals surface area contributed by atoms with Crippen LogP contribution >= 0.6 is 11.6 Å². The first-order valence-corrected chi connectivity index (χ1v) is 12.6. The third-order valence-corrected chi connectivity index (χ3v) is 8.09. The number of carbonyl (C=O) groups excluding carboxylic acids is 2. The fourth-order valence-corrected chi connectivity index (χ4v) is 5.84. The number of methoxy groups -OCH3 is 1. The lowest BCUT2D eigenvalue weighted by Crippen LogP contribution is -2.60. The van der Waals surface area contributed by atoms with Crippen molar-refractivity contribution in [1.82, 2.24) is 24.2 Å². The molecule has 1 aliphatic rings. The Labute approximate surface area is 210 Å². The van der Waals surface area contributed by atoms with E-state index in [0.29, 0.717) is 38.2 Å². The summed E-state index contributed by atoms with van der Waals surface area (Å²) in [6.45, 7) is -0.647. The number of sulfonamides is 1. The van der Waals surface area contributed by atoms with Crippen molar-refractivity contribution in [3.63, 3.8) is 0 Å². The van der Waals surface area contributed by atoms with E-state index < -0.39 is 34.5 Å². The molecule has 11 nitrogen and oxygen atoms in total. The third kappa shape index (κ3) is 4.23. The molecule has 1 aliphatic heterocycles. The summed E-state index contributed by atoms with van der Waals surface area (Å²) >= 11 is 6.01. The molecular weight excluding hydrogens is 508 g/mol. The summed E-state index contributed by atoms with van der Waals surface area (Å²) in [6, 6.07) is 10.5. The number of nitrogens with one attached hydrogen (secondary N) is 1. The van der Waals surface area contributed by atoms with Crippen LogP contribution < -0.4 is 5.73 Å². The summed E-state index contributed by atoms with van der Waals surface area (Å²) < 4.78 is 32.7. The highest BCUT2D eigenvalue weighted by Crippen LogP contribution is 2.27. The molecule has 0 radical (unpaired) electrons. The molecule has 0 unspecified atom stereocenters.